The summed E-state index contributed by atoms with van der Waals surface area (Å²) in [6.45, 7) is 4.08. The monoisotopic (exact) mass is 312 g/mol. The van der Waals surface area contributed by atoms with Crippen LogP contribution in [-0.4, -0.2) is 18.1 Å². The summed E-state index contributed by atoms with van der Waals surface area (Å²) < 4.78 is 13.8. The first-order valence-corrected chi connectivity index (χ1v) is 7.73. The topological polar surface area (TPSA) is 24.9 Å². The molecule has 1 heterocycles. The van der Waals surface area contributed by atoms with Crippen molar-refractivity contribution in [3.63, 3.8) is 0 Å². The number of rotatable bonds is 5. The number of likely N-dealkylation sites (N-methyl/N-ethyl adjacent to an activating group) is 1. The van der Waals surface area contributed by atoms with Gasteiger partial charge in [0.2, 0.25) is 0 Å². The molecule has 2 nitrogen and oxygen atoms in total. The van der Waals surface area contributed by atoms with Gasteiger partial charge in [0.05, 0.1) is 10.7 Å². The largest absolute Gasteiger partial charge is 0.316 e. The van der Waals surface area contributed by atoms with Gasteiger partial charge in [-0.05, 0) is 39.4 Å². The van der Waals surface area contributed by atoms with Gasteiger partial charge in [0.15, 0.2) is 0 Å². The minimum Gasteiger partial charge on any atom is -0.316 e. The summed E-state index contributed by atoms with van der Waals surface area (Å²) >= 11 is 7.78. The highest BCUT2D eigenvalue weighted by molar-refractivity contribution is 7.11. The second-order valence-electron chi connectivity index (χ2n) is 4.84. The molecule has 0 fully saturated rings. The van der Waals surface area contributed by atoms with Crippen molar-refractivity contribution in [1.82, 2.24) is 10.3 Å². The highest BCUT2D eigenvalue weighted by Gasteiger charge is 2.16. The van der Waals surface area contributed by atoms with Crippen LogP contribution in [0.3, 0.4) is 0 Å². The smallest absolute Gasteiger partial charge is 0.127 e. The average Bonchev–Trinajstić information content (AvgIpc) is 2.71. The molecule has 108 valence electrons. The van der Waals surface area contributed by atoms with Gasteiger partial charge in [-0.2, -0.15) is 0 Å². The number of hydrogen-bond acceptors (Lipinski definition) is 3. The Morgan fingerprint density at radius 2 is 2.10 bits per heavy atom. The molecule has 0 aliphatic heterocycles. The Bertz CT molecular complexity index is 558. The van der Waals surface area contributed by atoms with Crippen LogP contribution in [0.5, 0.6) is 0 Å². The minimum atomic E-state index is -0.246. The number of halogens is 2. The molecular formula is C15H18ClFN2S. The van der Waals surface area contributed by atoms with E-state index < -0.39 is 0 Å². The molecule has 0 saturated carbocycles. The number of thiazole rings is 1. The summed E-state index contributed by atoms with van der Waals surface area (Å²) in [5.74, 6) is -0.246. The zero-order chi connectivity index (χ0) is 14.7. The molecule has 0 aliphatic carbocycles. The van der Waals surface area contributed by atoms with Crippen LogP contribution in [0.25, 0.3) is 0 Å². The van der Waals surface area contributed by atoms with Gasteiger partial charge in [-0.25, -0.2) is 9.37 Å². The van der Waals surface area contributed by atoms with Crippen molar-refractivity contribution in [2.75, 3.05) is 7.05 Å². The molecule has 0 spiro atoms. The van der Waals surface area contributed by atoms with E-state index in [0.717, 1.165) is 17.1 Å². The van der Waals surface area contributed by atoms with Crippen LogP contribution in [-0.2, 0) is 12.8 Å². The number of nitrogens with zero attached hydrogens (tertiary/aromatic N) is 1. The number of hydrogen-bond donors (Lipinski definition) is 1. The van der Waals surface area contributed by atoms with Crippen molar-refractivity contribution in [3.8, 4) is 0 Å². The second-order valence-corrected chi connectivity index (χ2v) is 6.54. The van der Waals surface area contributed by atoms with E-state index in [9.17, 15) is 4.39 Å². The van der Waals surface area contributed by atoms with Gasteiger partial charge >= 0.3 is 0 Å². The summed E-state index contributed by atoms with van der Waals surface area (Å²) in [7, 11) is 1.88. The molecule has 1 aromatic carbocycles. The maximum absolute atomic E-state index is 13.8. The first-order valence-electron chi connectivity index (χ1n) is 6.54. The first-order chi connectivity index (χ1) is 9.51. The molecule has 20 heavy (non-hydrogen) atoms. The van der Waals surface area contributed by atoms with Gasteiger partial charge in [-0.15, -0.1) is 11.3 Å². The van der Waals surface area contributed by atoms with Gasteiger partial charge in [0, 0.05) is 27.9 Å². The third kappa shape index (κ3) is 3.57. The molecule has 0 radical (unpaired) electrons. The van der Waals surface area contributed by atoms with Crippen LogP contribution in [0, 0.1) is 19.7 Å². The molecule has 2 rings (SSSR count). The predicted molar refractivity (Wildman–Crippen MR) is 83.3 cm³/mol. The zero-order valence-electron chi connectivity index (χ0n) is 11.8. The number of aryl methyl sites for hydroxylation is 2. The Morgan fingerprint density at radius 3 is 2.65 bits per heavy atom. The summed E-state index contributed by atoms with van der Waals surface area (Å²) in [6, 6.07) is 4.92. The van der Waals surface area contributed by atoms with Crippen molar-refractivity contribution in [2.24, 2.45) is 0 Å². The van der Waals surface area contributed by atoms with Crippen LogP contribution in [0.15, 0.2) is 18.2 Å². The first kappa shape index (κ1) is 15.4. The van der Waals surface area contributed by atoms with Gasteiger partial charge in [0.25, 0.3) is 0 Å². The number of nitrogens with one attached hydrogen (secondary N) is 1. The van der Waals surface area contributed by atoms with Crippen LogP contribution in [0.4, 0.5) is 4.39 Å². The molecule has 1 N–H and O–H groups in total. The molecule has 1 atom stereocenters. The molecule has 1 unspecified atom stereocenters. The van der Waals surface area contributed by atoms with Gasteiger partial charge < -0.3 is 5.32 Å². The summed E-state index contributed by atoms with van der Waals surface area (Å²) in [5.41, 5.74) is 1.64. The fourth-order valence-electron chi connectivity index (χ4n) is 2.09. The van der Waals surface area contributed by atoms with E-state index >= 15 is 0 Å². The quantitative estimate of drug-likeness (QED) is 0.905. The van der Waals surface area contributed by atoms with Gasteiger partial charge in [-0.1, -0.05) is 17.7 Å². The van der Waals surface area contributed by atoms with E-state index in [1.807, 2.05) is 14.0 Å². The highest BCUT2D eigenvalue weighted by Crippen LogP contribution is 2.23. The third-order valence-corrected chi connectivity index (χ3v) is 4.86. The lowest BCUT2D eigenvalue weighted by molar-refractivity contribution is 0.531. The van der Waals surface area contributed by atoms with Crippen LogP contribution in [0.2, 0.25) is 5.02 Å². The normalized spacial score (nSPS) is 12.7. The highest BCUT2D eigenvalue weighted by atomic mass is 35.5. The van der Waals surface area contributed by atoms with E-state index in [1.165, 1.54) is 10.9 Å². The summed E-state index contributed by atoms with van der Waals surface area (Å²) in [4.78, 5) is 5.77. The third-order valence-electron chi connectivity index (χ3n) is 3.41. The van der Waals surface area contributed by atoms with Crippen LogP contribution >= 0.6 is 22.9 Å². The van der Waals surface area contributed by atoms with Crippen molar-refractivity contribution >= 4 is 22.9 Å². The molecular weight excluding hydrogens is 295 g/mol. The Labute approximate surface area is 128 Å². The minimum absolute atomic E-state index is 0.120. The van der Waals surface area contributed by atoms with Crippen molar-refractivity contribution in [3.05, 3.63) is 50.2 Å². The van der Waals surface area contributed by atoms with Crippen molar-refractivity contribution in [2.45, 2.75) is 32.7 Å². The van der Waals surface area contributed by atoms with E-state index in [-0.39, 0.29) is 11.9 Å². The number of aromatic nitrogens is 1. The standard InChI is InChI=1S/C15H18ClFN2S/c1-9-10(2)20-15(19-9)8-11(18-3)7-12-13(16)5-4-6-14(12)17/h4-6,11,18H,7-8H2,1-3H3. The maximum Gasteiger partial charge on any atom is 0.127 e. The average molecular weight is 313 g/mol. The molecule has 2 aromatic rings. The summed E-state index contributed by atoms with van der Waals surface area (Å²) in [5, 5.41) is 4.78. The fraction of sp³-hybridized carbons (Fsp3) is 0.400. The number of benzene rings is 1. The maximum atomic E-state index is 13.8. The van der Waals surface area contributed by atoms with Crippen LogP contribution in [0.1, 0.15) is 21.1 Å². The van der Waals surface area contributed by atoms with Crippen molar-refractivity contribution in [1.29, 1.82) is 0 Å². The molecule has 0 amide bonds. The Morgan fingerprint density at radius 1 is 1.35 bits per heavy atom. The Hall–Kier alpha value is -0.970. The second kappa shape index (κ2) is 6.66. The summed E-state index contributed by atoms with van der Waals surface area (Å²) in [6.07, 6.45) is 1.33. The van der Waals surface area contributed by atoms with E-state index in [2.05, 4.69) is 17.2 Å². The molecule has 5 heteroatoms. The lowest BCUT2D eigenvalue weighted by Gasteiger charge is -2.16. The van der Waals surface area contributed by atoms with Crippen molar-refractivity contribution < 1.29 is 4.39 Å². The molecule has 0 saturated heterocycles. The van der Waals surface area contributed by atoms with E-state index in [0.29, 0.717) is 17.0 Å². The van der Waals surface area contributed by atoms with E-state index in [1.54, 1.807) is 23.5 Å². The van der Waals surface area contributed by atoms with Gasteiger partial charge in [0.1, 0.15) is 5.82 Å². The molecule has 1 aromatic heterocycles. The lowest BCUT2D eigenvalue weighted by atomic mass is 10.0. The Balaban J connectivity index is 2.13. The Kier molecular flexibility index (Phi) is 5.13. The van der Waals surface area contributed by atoms with Gasteiger partial charge in [-0.3, -0.25) is 0 Å². The SMILES string of the molecule is CNC(Cc1nc(C)c(C)s1)Cc1c(F)cccc1Cl. The lowest BCUT2D eigenvalue weighted by Crippen LogP contribution is -2.30. The predicted octanol–water partition coefficient (Wildman–Crippen LogP) is 3.93. The van der Waals surface area contributed by atoms with Crippen LogP contribution < -0.4 is 5.32 Å². The fourth-order valence-corrected chi connectivity index (χ4v) is 3.34. The molecule has 0 aliphatic rings. The van der Waals surface area contributed by atoms with E-state index in [4.69, 9.17) is 11.6 Å². The molecule has 0 bridgehead atoms. The zero-order valence-corrected chi connectivity index (χ0v) is 13.4.